The van der Waals surface area contributed by atoms with E-state index in [0.717, 1.165) is 32.1 Å². The number of nitrogens with two attached hydrogens (primary N) is 1. The van der Waals surface area contributed by atoms with E-state index in [1.54, 1.807) is 20.8 Å². The predicted octanol–water partition coefficient (Wildman–Crippen LogP) is 2.25. The molecule has 0 aliphatic heterocycles. The Morgan fingerprint density at radius 2 is 1.82 bits per heavy atom. The van der Waals surface area contributed by atoms with Gasteiger partial charge in [-0.3, -0.25) is 19.2 Å². The summed E-state index contributed by atoms with van der Waals surface area (Å²) in [4.78, 5) is 49.0. The van der Waals surface area contributed by atoms with Gasteiger partial charge in [0.1, 0.15) is 17.4 Å². The zero-order chi connectivity index (χ0) is 20.9. The lowest BCUT2D eigenvalue weighted by Gasteiger charge is -2.26. The Hall–Kier alpha value is -1.92. The third kappa shape index (κ3) is 7.60. The van der Waals surface area contributed by atoms with E-state index in [0.29, 0.717) is 18.8 Å². The molecule has 0 radical (unpaired) electrons. The smallest absolute Gasteiger partial charge is 0.307 e. The Kier molecular flexibility index (Phi) is 7.61. The molecule has 158 valence electrons. The summed E-state index contributed by atoms with van der Waals surface area (Å²) in [5.41, 5.74) is 4.87. The summed E-state index contributed by atoms with van der Waals surface area (Å²) >= 11 is 0. The molecule has 0 aromatic heterocycles. The third-order valence-corrected chi connectivity index (χ3v) is 5.38. The van der Waals surface area contributed by atoms with Crippen LogP contribution in [0.3, 0.4) is 0 Å². The van der Waals surface area contributed by atoms with E-state index in [9.17, 15) is 19.2 Å². The molecule has 0 spiro atoms. The van der Waals surface area contributed by atoms with Gasteiger partial charge in [0.05, 0.1) is 6.42 Å². The molecule has 0 aromatic rings. The molecular weight excluding hydrogens is 360 g/mol. The highest BCUT2D eigenvalue weighted by atomic mass is 16.6. The number of amides is 2. The molecule has 0 bridgehead atoms. The van der Waals surface area contributed by atoms with Crippen molar-refractivity contribution in [3.05, 3.63) is 0 Å². The maximum absolute atomic E-state index is 12.8. The maximum atomic E-state index is 12.8. The van der Waals surface area contributed by atoms with Gasteiger partial charge >= 0.3 is 5.97 Å². The average molecular weight is 395 g/mol. The van der Waals surface area contributed by atoms with E-state index in [1.165, 1.54) is 0 Å². The van der Waals surface area contributed by atoms with E-state index in [1.807, 2.05) is 0 Å². The van der Waals surface area contributed by atoms with Gasteiger partial charge in [0.2, 0.25) is 11.8 Å². The summed E-state index contributed by atoms with van der Waals surface area (Å²) in [6.45, 7) is 5.35. The second kappa shape index (κ2) is 9.52. The minimum atomic E-state index is -0.889. The number of ketones is 1. The summed E-state index contributed by atoms with van der Waals surface area (Å²) < 4.78 is 5.35. The number of carbonyl (C=O) groups excluding carboxylic acids is 4. The van der Waals surface area contributed by atoms with Crippen LogP contribution in [0.1, 0.15) is 78.6 Å². The minimum absolute atomic E-state index is 0.0204. The maximum Gasteiger partial charge on any atom is 0.307 e. The Labute approximate surface area is 167 Å². The molecule has 2 aliphatic rings. The third-order valence-electron chi connectivity index (χ3n) is 5.38. The lowest BCUT2D eigenvalue weighted by atomic mass is 9.83. The van der Waals surface area contributed by atoms with Crippen LogP contribution >= 0.6 is 0 Å². The fraction of sp³-hybridized carbons (Fsp3) is 0.810. The van der Waals surface area contributed by atoms with Crippen molar-refractivity contribution in [3.63, 3.8) is 0 Å². The highest BCUT2D eigenvalue weighted by molar-refractivity contribution is 5.90. The average Bonchev–Trinajstić information content (AvgIpc) is 3.37. The highest BCUT2D eigenvalue weighted by Crippen LogP contribution is 2.36. The first-order valence-electron chi connectivity index (χ1n) is 10.4. The van der Waals surface area contributed by atoms with Crippen LogP contribution in [0.5, 0.6) is 0 Å². The van der Waals surface area contributed by atoms with Crippen molar-refractivity contribution in [1.82, 2.24) is 5.32 Å². The van der Waals surface area contributed by atoms with Crippen LogP contribution in [0.4, 0.5) is 0 Å². The summed E-state index contributed by atoms with van der Waals surface area (Å²) in [6, 6.07) is -0.889. The molecule has 7 nitrogen and oxygen atoms in total. The number of nitrogens with one attached hydrogen (secondary N) is 1. The molecule has 2 aliphatic carbocycles. The molecule has 2 fully saturated rings. The molecule has 7 heteroatoms. The van der Waals surface area contributed by atoms with Crippen molar-refractivity contribution in [2.75, 3.05) is 0 Å². The second-order valence-electron chi connectivity index (χ2n) is 9.27. The number of hydrogen-bond acceptors (Lipinski definition) is 5. The Morgan fingerprint density at radius 3 is 2.36 bits per heavy atom. The van der Waals surface area contributed by atoms with Gasteiger partial charge in [-0.05, 0) is 52.4 Å². The standard InChI is InChI=1S/C21H34N2O5/c1-21(2,3)28-18(25)12-15(10-13-8-9-13)20(27)23-16(19(22)26)11-14-6-4-5-7-17(14)24/h13-16H,4-12H2,1-3H3,(H2,22,26)(H,23,27)/t14-,15+,16-/m0/s1. The highest BCUT2D eigenvalue weighted by Gasteiger charge is 2.35. The number of primary amides is 1. The first kappa shape index (κ1) is 22.4. The van der Waals surface area contributed by atoms with Crippen LogP contribution in [0.15, 0.2) is 0 Å². The number of carbonyl (C=O) groups is 4. The van der Waals surface area contributed by atoms with Crippen molar-refractivity contribution in [1.29, 1.82) is 0 Å². The van der Waals surface area contributed by atoms with Crippen LogP contribution in [0.2, 0.25) is 0 Å². The van der Waals surface area contributed by atoms with Gasteiger partial charge in [-0.15, -0.1) is 0 Å². The second-order valence-corrected chi connectivity index (χ2v) is 9.27. The van der Waals surface area contributed by atoms with Crippen LogP contribution in [0, 0.1) is 17.8 Å². The lowest BCUT2D eigenvalue weighted by molar-refractivity contribution is -0.157. The molecular formula is C21H34N2O5. The van der Waals surface area contributed by atoms with Crippen molar-refractivity contribution in [2.24, 2.45) is 23.5 Å². The van der Waals surface area contributed by atoms with Crippen molar-refractivity contribution >= 4 is 23.6 Å². The van der Waals surface area contributed by atoms with Gasteiger partial charge in [0.15, 0.2) is 0 Å². The van der Waals surface area contributed by atoms with Gasteiger partial charge < -0.3 is 15.8 Å². The van der Waals surface area contributed by atoms with Crippen LogP contribution in [0.25, 0.3) is 0 Å². The number of esters is 1. The van der Waals surface area contributed by atoms with Gasteiger partial charge in [0.25, 0.3) is 0 Å². The summed E-state index contributed by atoms with van der Waals surface area (Å²) in [7, 11) is 0. The Balaban J connectivity index is 1.98. The fourth-order valence-electron chi connectivity index (χ4n) is 3.75. The Morgan fingerprint density at radius 1 is 1.14 bits per heavy atom. The SMILES string of the molecule is CC(C)(C)OC(=O)C[C@@H](CC1CC1)C(=O)N[C@@H](C[C@@H]1CCCCC1=O)C(N)=O. The molecule has 0 saturated heterocycles. The van der Waals surface area contributed by atoms with E-state index in [4.69, 9.17) is 10.5 Å². The number of Topliss-reactive ketones (excluding diaryl/α,β-unsaturated/α-hetero) is 1. The van der Waals surface area contributed by atoms with Crippen LogP contribution in [-0.4, -0.2) is 35.2 Å². The van der Waals surface area contributed by atoms with Crippen molar-refractivity contribution < 1.29 is 23.9 Å². The molecule has 3 N–H and O–H groups in total. The number of rotatable bonds is 9. The first-order valence-corrected chi connectivity index (χ1v) is 10.4. The van der Waals surface area contributed by atoms with Crippen LogP contribution < -0.4 is 11.1 Å². The molecule has 0 heterocycles. The number of ether oxygens (including phenoxy) is 1. The van der Waals surface area contributed by atoms with E-state index in [2.05, 4.69) is 5.32 Å². The van der Waals surface area contributed by atoms with Crippen LogP contribution in [-0.2, 0) is 23.9 Å². The van der Waals surface area contributed by atoms with Gasteiger partial charge in [0, 0.05) is 18.3 Å². The lowest BCUT2D eigenvalue weighted by Crippen LogP contribution is -2.48. The molecule has 2 saturated carbocycles. The van der Waals surface area contributed by atoms with E-state index < -0.39 is 29.4 Å². The van der Waals surface area contributed by atoms with Gasteiger partial charge in [-0.2, -0.15) is 0 Å². The molecule has 3 atom stereocenters. The van der Waals surface area contributed by atoms with Gasteiger partial charge in [-0.25, -0.2) is 0 Å². The summed E-state index contributed by atoms with van der Waals surface area (Å²) in [5.74, 6) is -1.64. The van der Waals surface area contributed by atoms with Gasteiger partial charge in [-0.1, -0.05) is 19.3 Å². The monoisotopic (exact) mass is 394 g/mol. The summed E-state index contributed by atoms with van der Waals surface area (Å²) in [6.07, 6.45) is 5.98. The molecule has 0 aromatic carbocycles. The zero-order valence-electron chi connectivity index (χ0n) is 17.3. The van der Waals surface area contributed by atoms with Crippen molar-refractivity contribution in [3.8, 4) is 0 Å². The fourth-order valence-corrected chi connectivity index (χ4v) is 3.75. The molecule has 2 amide bonds. The first-order chi connectivity index (χ1) is 13.0. The largest absolute Gasteiger partial charge is 0.460 e. The van der Waals surface area contributed by atoms with Crippen molar-refractivity contribution in [2.45, 2.75) is 90.2 Å². The summed E-state index contributed by atoms with van der Waals surface area (Å²) in [5, 5.41) is 2.71. The number of hydrogen-bond donors (Lipinski definition) is 2. The molecule has 0 unspecified atom stereocenters. The normalized spacial score (nSPS) is 22.2. The quantitative estimate of drug-likeness (QED) is 0.582. The Bertz CT molecular complexity index is 606. The molecule has 28 heavy (non-hydrogen) atoms. The molecule has 2 rings (SSSR count). The van der Waals surface area contributed by atoms with E-state index in [-0.39, 0.29) is 30.4 Å². The predicted molar refractivity (Wildman–Crippen MR) is 104 cm³/mol. The van der Waals surface area contributed by atoms with E-state index >= 15 is 0 Å². The topological polar surface area (TPSA) is 116 Å². The minimum Gasteiger partial charge on any atom is -0.460 e. The zero-order valence-corrected chi connectivity index (χ0v) is 17.3.